The standard InChI is InChI=1S/C25H23N3O3S2/c1-16-8-7-11-22(17(16)2)28(18(3)29)25-27-21(15-33-25)13-31-23(30)12-20-14-32-24(26-20)19-9-5-4-6-10-19/h4-11,14-15H,12-13H2,1-3H3. The van der Waals surface area contributed by atoms with Gasteiger partial charge in [-0.15, -0.1) is 22.7 Å². The van der Waals surface area contributed by atoms with Crippen LogP contribution in [0.1, 0.15) is 29.4 Å². The zero-order chi connectivity index (χ0) is 23.4. The zero-order valence-electron chi connectivity index (χ0n) is 18.6. The normalized spacial score (nSPS) is 10.8. The first-order valence-electron chi connectivity index (χ1n) is 10.4. The van der Waals surface area contributed by atoms with Gasteiger partial charge >= 0.3 is 5.97 Å². The summed E-state index contributed by atoms with van der Waals surface area (Å²) in [5.74, 6) is -0.494. The number of hydrogen-bond acceptors (Lipinski definition) is 7. The van der Waals surface area contributed by atoms with Crippen LogP contribution in [0, 0.1) is 13.8 Å². The maximum absolute atomic E-state index is 12.4. The van der Waals surface area contributed by atoms with E-state index < -0.39 is 0 Å². The minimum atomic E-state index is -0.368. The van der Waals surface area contributed by atoms with Crippen LogP contribution in [0.15, 0.2) is 59.3 Å². The third-order valence-corrected chi connectivity index (χ3v) is 6.96. The van der Waals surface area contributed by atoms with E-state index in [-0.39, 0.29) is 24.9 Å². The van der Waals surface area contributed by atoms with Crippen LogP contribution in [0.5, 0.6) is 0 Å². The number of ether oxygens (including phenoxy) is 1. The first kappa shape index (κ1) is 22.8. The Hall–Kier alpha value is -3.36. The maximum Gasteiger partial charge on any atom is 0.312 e. The number of benzene rings is 2. The number of aromatic nitrogens is 2. The number of rotatable bonds is 7. The van der Waals surface area contributed by atoms with E-state index in [1.54, 1.807) is 10.3 Å². The Balaban J connectivity index is 1.39. The fourth-order valence-electron chi connectivity index (χ4n) is 3.31. The molecule has 0 atom stereocenters. The summed E-state index contributed by atoms with van der Waals surface area (Å²) >= 11 is 2.85. The van der Waals surface area contributed by atoms with E-state index >= 15 is 0 Å². The molecule has 0 aliphatic heterocycles. The van der Waals surface area contributed by atoms with Crippen molar-refractivity contribution in [3.8, 4) is 10.6 Å². The topological polar surface area (TPSA) is 72.4 Å². The highest BCUT2D eigenvalue weighted by Gasteiger charge is 2.20. The number of amides is 1. The number of esters is 1. The average molecular weight is 478 g/mol. The molecule has 0 N–H and O–H groups in total. The second kappa shape index (κ2) is 10.1. The Morgan fingerprint density at radius 2 is 1.70 bits per heavy atom. The second-order valence-corrected chi connectivity index (χ2v) is 9.24. The number of carbonyl (C=O) groups is 2. The van der Waals surface area contributed by atoms with Crippen molar-refractivity contribution in [2.75, 3.05) is 4.90 Å². The minimum Gasteiger partial charge on any atom is -0.459 e. The number of thiazole rings is 2. The smallest absolute Gasteiger partial charge is 0.312 e. The lowest BCUT2D eigenvalue weighted by molar-refractivity contribution is -0.144. The highest BCUT2D eigenvalue weighted by atomic mass is 32.1. The summed E-state index contributed by atoms with van der Waals surface area (Å²) in [7, 11) is 0. The quantitative estimate of drug-likeness (QED) is 0.312. The van der Waals surface area contributed by atoms with Gasteiger partial charge in [-0.3, -0.25) is 14.5 Å². The monoisotopic (exact) mass is 477 g/mol. The van der Waals surface area contributed by atoms with Crippen LogP contribution in [0.4, 0.5) is 10.8 Å². The molecule has 0 bridgehead atoms. The lowest BCUT2D eigenvalue weighted by Crippen LogP contribution is -2.23. The van der Waals surface area contributed by atoms with Crippen molar-refractivity contribution in [2.45, 2.75) is 33.8 Å². The first-order valence-corrected chi connectivity index (χ1v) is 12.1. The molecule has 4 aromatic rings. The minimum absolute atomic E-state index is 0.0452. The summed E-state index contributed by atoms with van der Waals surface area (Å²) in [4.78, 5) is 35.4. The highest BCUT2D eigenvalue weighted by Crippen LogP contribution is 2.32. The molecule has 0 unspecified atom stereocenters. The Morgan fingerprint density at radius 3 is 2.45 bits per heavy atom. The van der Waals surface area contributed by atoms with Crippen molar-refractivity contribution in [1.29, 1.82) is 0 Å². The van der Waals surface area contributed by atoms with Crippen LogP contribution in [-0.2, 0) is 27.4 Å². The maximum atomic E-state index is 12.4. The van der Waals surface area contributed by atoms with Gasteiger partial charge in [-0.2, -0.15) is 0 Å². The summed E-state index contributed by atoms with van der Waals surface area (Å²) < 4.78 is 5.42. The van der Waals surface area contributed by atoms with Crippen molar-refractivity contribution in [3.05, 3.63) is 81.8 Å². The molecule has 0 aliphatic rings. The van der Waals surface area contributed by atoms with Gasteiger partial charge < -0.3 is 4.74 Å². The van der Waals surface area contributed by atoms with Crippen molar-refractivity contribution in [2.24, 2.45) is 0 Å². The van der Waals surface area contributed by atoms with Gasteiger partial charge in [0, 0.05) is 23.2 Å². The van der Waals surface area contributed by atoms with Crippen molar-refractivity contribution >= 4 is 45.4 Å². The summed E-state index contributed by atoms with van der Waals surface area (Å²) in [6, 6.07) is 15.7. The predicted octanol–water partition coefficient (Wildman–Crippen LogP) is 5.85. The largest absolute Gasteiger partial charge is 0.459 e. The van der Waals surface area contributed by atoms with Crippen LogP contribution < -0.4 is 4.90 Å². The Labute approximate surface area is 200 Å². The molecule has 1 amide bonds. The number of hydrogen-bond donors (Lipinski definition) is 0. The number of aryl methyl sites for hydroxylation is 1. The molecule has 6 nitrogen and oxygen atoms in total. The van der Waals surface area contributed by atoms with E-state index in [2.05, 4.69) is 9.97 Å². The molecule has 2 aromatic heterocycles. The molecular weight excluding hydrogens is 454 g/mol. The Kier molecular flexibility index (Phi) is 6.96. The molecule has 0 spiro atoms. The van der Waals surface area contributed by atoms with Gasteiger partial charge in [-0.05, 0) is 31.0 Å². The van der Waals surface area contributed by atoms with Crippen LogP contribution in [0.2, 0.25) is 0 Å². The number of carbonyl (C=O) groups excluding carboxylic acids is 2. The molecular formula is C25H23N3O3S2. The number of nitrogens with zero attached hydrogens (tertiary/aromatic N) is 3. The Bertz CT molecular complexity index is 1280. The van der Waals surface area contributed by atoms with Crippen molar-refractivity contribution in [1.82, 2.24) is 9.97 Å². The van der Waals surface area contributed by atoms with Gasteiger partial charge in [0.1, 0.15) is 11.6 Å². The molecule has 0 aliphatic carbocycles. The van der Waals surface area contributed by atoms with Crippen molar-refractivity contribution in [3.63, 3.8) is 0 Å². The van der Waals surface area contributed by atoms with E-state index in [4.69, 9.17) is 4.74 Å². The summed E-state index contributed by atoms with van der Waals surface area (Å²) in [6.45, 7) is 5.55. The summed E-state index contributed by atoms with van der Waals surface area (Å²) in [5.41, 5.74) is 5.23. The SMILES string of the molecule is CC(=O)N(c1nc(COC(=O)Cc2csc(-c3ccccc3)n2)cs1)c1cccc(C)c1C. The van der Waals surface area contributed by atoms with Gasteiger partial charge in [0.15, 0.2) is 5.13 Å². The summed E-state index contributed by atoms with van der Waals surface area (Å²) in [6.07, 6.45) is 0.0996. The van der Waals surface area contributed by atoms with Crippen molar-refractivity contribution < 1.29 is 14.3 Å². The summed E-state index contributed by atoms with van der Waals surface area (Å²) in [5, 5.41) is 5.10. The van der Waals surface area contributed by atoms with Crippen LogP contribution >= 0.6 is 22.7 Å². The molecule has 4 rings (SSSR count). The van der Waals surface area contributed by atoms with E-state index in [1.165, 1.54) is 29.6 Å². The van der Waals surface area contributed by atoms with Gasteiger partial charge in [0.25, 0.3) is 0 Å². The van der Waals surface area contributed by atoms with Crippen LogP contribution in [0.25, 0.3) is 10.6 Å². The lowest BCUT2D eigenvalue weighted by atomic mass is 10.1. The number of anilines is 2. The molecule has 0 fully saturated rings. The van der Waals surface area contributed by atoms with Gasteiger partial charge in [-0.1, -0.05) is 42.5 Å². The van der Waals surface area contributed by atoms with E-state index in [0.29, 0.717) is 16.5 Å². The highest BCUT2D eigenvalue weighted by molar-refractivity contribution is 7.14. The average Bonchev–Trinajstić information content (AvgIpc) is 3.46. The molecule has 8 heteroatoms. The van der Waals surface area contributed by atoms with Gasteiger partial charge in [0.05, 0.1) is 23.5 Å². The van der Waals surface area contributed by atoms with E-state index in [9.17, 15) is 9.59 Å². The molecule has 33 heavy (non-hydrogen) atoms. The zero-order valence-corrected chi connectivity index (χ0v) is 20.2. The van der Waals surface area contributed by atoms with Gasteiger partial charge in [0.2, 0.25) is 5.91 Å². The molecule has 168 valence electrons. The third-order valence-electron chi connectivity index (χ3n) is 5.14. The van der Waals surface area contributed by atoms with Crippen LogP contribution in [0.3, 0.4) is 0 Å². The molecule has 0 saturated heterocycles. The molecule has 0 saturated carbocycles. The van der Waals surface area contributed by atoms with Gasteiger partial charge in [-0.25, -0.2) is 9.97 Å². The molecule has 2 heterocycles. The fraction of sp³-hybridized carbons (Fsp3) is 0.200. The Morgan fingerprint density at radius 1 is 0.939 bits per heavy atom. The predicted molar refractivity (Wildman–Crippen MR) is 132 cm³/mol. The lowest BCUT2D eigenvalue weighted by Gasteiger charge is -2.21. The fourth-order valence-corrected chi connectivity index (χ4v) is 5.00. The molecule has 0 radical (unpaired) electrons. The molecule has 2 aromatic carbocycles. The van der Waals surface area contributed by atoms with E-state index in [0.717, 1.165) is 27.4 Å². The third kappa shape index (κ3) is 5.35. The first-order chi connectivity index (χ1) is 15.9. The van der Waals surface area contributed by atoms with E-state index in [1.807, 2.05) is 67.8 Å². The van der Waals surface area contributed by atoms with Crippen LogP contribution in [-0.4, -0.2) is 21.8 Å². The second-order valence-electron chi connectivity index (χ2n) is 7.54.